The average Bonchev–Trinajstić information content (AvgIpc) is 2.86. The van der Waals surface area contributed by atoms with Gasteiger partial charge in [0.15, 0.2) is 0 Å². The van der Waals surface area contributed by atoms with Gasteiger partial charge in [0.1, 0.15) is 11.5 Å². The van der Waals surface area contributed by atoms with Crippen molar-refractivity contribution in [3.63, 3.8) is 0 Å². The van der Waals surface area contributed by atoms with E-state index in [0.29, 0.717) is 29.9 Å². The van der Waals surface area contributed by atoms with E-state index in [2.05, 4.69) is 20.3 Å². The zero-order chi connectivity index (χ0) is 24.9. The van der Waals surface area contributed by atoms with Gasteiger partial charge in [0.2, 0.25) is 0 Å². The first kappa shape index (κ1) is 23.6. The van der Waals surface area contributed by atoms with E-state index < -0.39 is 5.91 Å². The lowest BCUT2D eigenvalue weighted by Gasteiger charge is -2.10. The summed E-state index contributed by atoms with van der Waals surface area (Å²) in [4.78, 5) is 36.8. The van der Waals surface area contributed by atoms with Crippen LogP contribution in [0.5, 0.6) is 0 Å². The fraction of sp³-hybridized carbons (Fsp3) is 0.148. The number of nitrogens with zero attached hydrogens (tertiary/aromatic N) is 3. The van der Waals surface area contributed by atoms with Crippen molar-refractivity contribution in [1.82, 2.24) is 15.3 Å². The molecule has 0 atom stereocenters. The number of fused-ring (bicyclic) bond motifs is 1. The number of benzene rings is 2. The number of hydrogen-bond acceptors (Lipinski definition) is 5. The fourth-order valence-corrected chi connectivity index (χ4v) is 3.88. The van der Waals surface area contributed by atoms with Crippen molar-refractivity contribution in [2.45, 2.75) is 19.9 Å². The minimum Gasteiger partial charge on any atom is -0.384 e. The fourth-order valence-electron chi connectivity index (χ4n) is 3.88. The molecule has 0 saturated heterocycles. The minimum atomic E-state index is -0.557. The van der Waals surface area contributed by atoms with Gasteiger partial charge in [-0.2, -0.15) is 0 Å². The Bertz CT molecular complexity index is 1460. The molecule has 0 aliphatic carbocycles. The van der Waals surface area contributed by atoms with Gasteiger partial charge >= 0.3 is 0 Å². The Balaban J connectivity index is 1.44. The second-order valence-electron chi connectivity index (χ2n) is 8.24. The second kappa shape index (κ2) is 10.1. The summed E-state index contributed by atoms with van der Waals surface area (Å²) in [7, 11) is 1.66. The standard InChI is InChI=1S/C27H26N6O2/c1-16-11-18(3-6-22(16)25(28)30-2)15-32-27(35)20-9-10-31-21(14-20)13-17-4-7-23-19(12-17)5-8-24(33-23)26(29)34/h3-12,14H,13,15H2,1-2H3,(H2,28,30)(H2,29,34)(H,32,35). The summed E-state index contributed by atoms with van der Waals surface area (Å²) in [6, 6.07) is 18.5. The maximum Gasteiger partial charge on any atom is 0.267 e. The highest BCUT2D eigenvalue weighted by Crippen LogP contribution is 2.18. The lowest BCUT2D eigenvalue weighted by Crippen LogP contribution is -2.23. The molecule has 0 bridgehead atoms. The van der Waals surface area contributed by atoms with Crippen LogP contribution in [0.2, 0.25) is 0 Å². The first-order valence-electron chi connectivity index (χ1n) is 11.1. The molecule has 2 amide bonds. The minimum absolute atomic E-state index is 0.174. The van der Waals surface area contributed by atoms with Gasteiger partial charge in [0, 0.05) is 48.4 Å². The molecule has 8 nitrogen and oxygen atoms in total. The largest absolute Gasteiger partial charge is 0.384 e. The normalized spacial score (nSPS) is 11.4. The van der Waals surface area contributed by atoms with Crippen LogP contribution in [0.15, 0.2) is 71.9 Å². The molecular weight excluding hydrogens is 440 g/mol. The van der Waals surface area contributed by atoms with Crippen molar-refractivity contribution in [3.05, 3.63) is 106 Å². The number of amides is 2. The van der Waals surface area contributed by atoms with Crippen LogP contribution in [0.1, 0.15) is 48.8 Å². The number of carbonyl (C=O) groups is 2. The van der Waals surface area contributed by atoms with Gasteiger partial charge in [0.25, 0.3) is 11.8 Å². The third-order valence-corrected chi connectivity index (χ3v) is 5.73. The Morgan fingerprint density at radius 3 is 2.51 bits per heavy atom. The van der Waals surface area contributed by atoms with Gasteiger partial charge < -0.3 is 16.8 Å². The molecule has 0 radical (unpaired) electrons. The Labute approximate surface area is 203 Å². The zero-order valence-electron chi connectivity index (χ0n) is 19.6. The molecule has 176 valence electrons. The first-order valence-corrected chi connectivity index (χ1v) is 11.1. The van der Waals surface area contributed by atoms with Crippen molar-refractivity contribution in [2.24, 2.45) is 16.5 Å². The molecule has 0 fully saturated rings. The molecule has 2 aromatic heterocycles. The Morgan fingerprint density at radius 1 is 0.971 bits per heavy atom. The molecule has 0 aliphatic rings. The smallest absolute Gasteiger partial charge is 0.267 e. The first-order chi connectivity index (χ1) is 16.8. The van der Waals surface area contributed by atoms with Crippen LogP contribution in [0, 0.1) is 6.92 Å². The van der Waals surface area contributed by atoms with Gasteiger partial charge in [-0.15, -0.1) is 0 Å². The molecule has 0 spiro atoms. The topological polar surface area (TPSA) is 136 Å². The molecule has 5 N–H and O–H groups in total. The molecule has 8 heteroatoms. The number of carbonyl (C=O) groups excluding carboxylic acids is 2. The molecule has 4 aromatic rings. The third kappa shape index (κ3) is 5.50. The number of pyridine rings is 2. The van der Waals surface area contributed by atoms with Crippen LogP contribution in [-0.4, -0.2) is 34.7 Å². The zero-order valence-corrected chi connectivity index (χ0v) is 19.6. The number of nitrogens with one attached hydrogen (secondary N) is 1. The molecule has 0 saturated carbocycles. The van der Waals surface area contributed by atoms with E-state index in [1.807, 2.05) is 49.4 Å². The second-order valence-corrected chi connectivity index (χ2v) is 8.24. The summed E-state index contributed by atoms with van der Waals surface area (Å²) in [5.41, 5.74) is 17.3. The third-order valence-electron chi connectivity index (χ3n) is 5.73. The lowest BCUT2D eigenvalue weighted by molar-refractivity contribution is 0.0949. The van der Waals surface area contributed by atoms with Crippen LogP contribution in [0.3, 0.4) is 0 Å². The van der Waals surface area contributed by atoms with Gasteiger partial charge in [-0.1, -0.05) is 30.3 Å². The summed E-state index contributed by atoms with van der Waals surface area (Å²) in [6.45, 7) is 2.36. The molecule has 0 unspecified atom stereocenters. The van der Waals surface area contributed by atoms with Crippen molar-refractivity contribution in [1.29, 1.82) is 0 Å². The quantitative estimate of drug-likeness (QED) is 0.284. The van der Waals surface area contributed by atoms with Crippen LogP contribution in [0.25, 0.3) is 10.9 Å². The van der Waals surface area contributed by atoms with E-state index in [4.69, 9.17) is 11.5 Å². The highest BCUT2D eigenvalue weighted by Gasteiger charge is 2.10. The SMILES string of the molecule is CN=C(N)c1ccc(CNC(=O)c2ccnc(Cc3ccc4nc(C(N)=O)ccc4c3)c2)cc1C. The lowest BCUT2D eigenvalue weighted by atomic mass is 10.0. The van der Waals surface area contributed by atoms with Crippen molar-refractivity contribution < 1.29 is 9.59 Å². The van der Waals surface area contributed by atoms with Crippen LogP contribution in [0.4, 0.5) is 0 Å². The van der Waals surface area contributed by atoms with Gasteiger partial charge in [-0.05, 0) is 53.9 Å². The van der Waals surface area contributed by atoms with Crippen LogP contribution >= 0.6 is 0 Å². The van der Waals surface area contributed by atoms with E-state index in [9.17, 15) is 9.59 Å². The predicted molar refractivity (Wildman–Crippen MR) is 136 cm³/mol. The monoisotopic (exact) mass is 466 g/mol. The Morgan fingerprint density at radius 2 is 1.77 bits per heavy atom. The van der Waals surface area contributed by atoms with E-state index in [1.54, 1.807) is 31.4 Å². The number of amidine groups is 1. The average molecular weight is 467 g/mol. The molecule has 0 aliphatic heterocycles. The molecule has 35 heavy (non-hydrogen) atoms. The van der Waals surface area contributed by atoms with Crippen molar-refractivity contribution in [3.8, 4) is 0 Å². The number of rotatable bonds is 7. The maximum absolute atomic E-state index is 12.8. The highest BCUT2D eigenvalue weighted by molar-refractivity contribution is 5.98. The summed E-state index contributed by atoms with van der Waals surface area (Å²) < 4.78 is 0. The highest BCUT2D eigenvalue weighted by atomic mass is 16.2. The van der Waals surface area contributed by atoms with Crippen molar-refractivity contribution >= 4 is 28.6 Å². The maximum atomic E-state index is 12.8. The van der Waals surface area contributed by atoms with Crippen LogP contribution < -0.4 is 16.8 Å². The number of hydrogen-bond donors (Lipinski definition) is 3. The van der Waals surface area contributed by atoms with E-state index >= 15 is 0 Å². The number of aliphatic imine (C=N–C) groups is 1. The predicted octanol–water partition coefficient (Wildman–Crippen LogP) is 2.89. The van der Waals surface area contributed by atoms with Gasteiger partial charge in [0.05, 0.1) is 5.52 Å². The Hall–Kier alpha value is -4.59. The number of aryl methyl sites for hydroxylation is 1. The molecule has 2 heterocycles. The van der Waals surface area contributed by atoms with E-state index in [1.165, 1.54) is 0 Å². The summed E-state index contributed by atoms with van der Waals surface area (Å²) >= 11 is 0. The van der Waals surface area contributed by atoms with Gasteiger partial charge in [-0.25, -0.2) is 4.98 Å². The summed E-state index contributed by atoms with van der Waals surface area (Å²) in [6.07, 6.45) is 2.19. The van der Waals surface area contributed by atoms with Gasteiger partial charge in [-0.3, -0.25) is 19.6 Å². The molecular formula is C27H26N6O2. The molecule has 2 aromatic carbocycles. The number of nitrogens with two attached hydrogens (primary N) is 2. The summed E-state index contributed by atoms with van der Waals surface area (Å²) in [5, 5.41) is 3.86. The molecule has 4 rings (SSSR count). The van der Waals surface area contributed by atoms with Crippen molar-refractivity contribution in [2.75, 3.05) is 7.05 Å². The summed E-state index contributed by atoms with van der Waals surface area (Å²) in [5.74, 6) is -0.245. The van der Waals surface area contributed by atoms with Crippen LogP contribution in [-0.2, 0) is 13.0 Å². The number of aromatic nitrogens is 2. The van der Waals surface area contributed by atoms with E-state index in [0.717, 1.165) is 33.3 Å². The number of primary amides is 1. The van der Waals surface area contributed by atoms with E-state index in [-0.39, 0.29) is 11.6 Å². The Kier molecular flexibility index (Phi) is 6.82.